The van der Waals surface area contributed by atoms with E-state index < -0.39 is 6.10 Å². The molecule has 1 unspecified atom stereocenters. The molecular weight excluding hydrogens is 889 g/mol. The number of unbranched alkanes of at least 4 members (excludes halogenated alkanes) is 27. The number of ether oxygens (including phenoxy) is 3. The van der Waals surface area contributed by atoms with Gasteiger partial charge in [0.2, 0.25) is 0 Å². The van der Waals surface area contributed by atoms with Crippen LogP contribution >= 0.6 is 0 Å². The van der Waals surface area contributed by atoms with Crippen molar-refractivity contribution < 1.29 is 28.6 Å². The van der Waals surface area contributed by atoms with E-state index >= 15 is 0 Å². The quantitative estimate of drug-likeness (QED) is 0.0261. The number of hydrogen-bond donors (Lipinski definition) is 0. The highest BCUT2D eigenvalue weighted by Gasteiger charge is 2.19. The summed E-state index contributed by atoms with van der Waals surface area (Å²) in [5.41, 5.74) is 0. The summed E-state index contributed by atoms with van der Waals surface area (Å²) in [6.45, 7) is 6.44. The zero-order valence-corrected chi connectivity index (χ0v) is 47.2. The third-order valence-corrected chi connectivity index (χ3v) is 12.8. The number of rotatable bonds is 54. The average molecular weight is 1000 g/mol. The van der Waals surface area contributed by atoms with E-state index in [4.69, 9.17) is 14.2 Å². The predicted octanol–water partition coefficient (Wildman–Crippen LogP) is 20.5. The van der Waals surface area contributed by atoms with Crippen LogP contribution in [-0.4, -0.2) is 37.2 Å². The first-order chi connectivity index (χ1) is 35.5. The normalized spacial score (nSPS) is 12.8. The first-order valence-corrected chi connectivity index (χ1v) is 30.2. The highest BCUT2D eigenvalue weighted by molar-refractivity contribution is 5.71. The average Bonchev–Trinajstić information content (AvgIpc) is 3.38. The molecule has 0 amide bonds. The lowest BCUT2D eigenvalue weighted by atomic mass is 10.0. The van der Waals surface area contributed by atoms with Crippen molar-refractivity contribution in [2.45, 2.75) is 290 Å². The fraction of sp³-hybridized carbons (Fsp3) is 0.712. The summed E-state index contributed by atoms with van der Waals surface area (Å²) in [7, 11) is 0. The Morgan fingerprint density at radius 2 is 0.569 bits per heavy atom. The lowest BCUT2D eigenvalue weighted by molar-refractivity contribution is -0.167. The van der Waals surface area contributed by atoms with Gasteiger partial charge in [-0.15, -0.1) is 0 Å². The summed E-state index contributed by atoms with van der Waals surface area (Å²) in [4.78, 5) is 38.2. The lowest BCUT2D eigenvalue weighted by Gasteiger charge is -2.18. The Hall–Kier alpha value is -3.67. The van der Waals surface area contributed by atoms with Gasteiger partial charge in [-0.05, 0) is 116 Å². The van der Waals surface area contributed by atoms with E-state index in [9.17, 15) is 14.4 Å². The van der Waals surface area contributed by atoms with Crippen LogP contribution in [0.15, 0.2) is 97.2 Å². The molecule has 0 saturated carbocycles. The maximum absolute atomic E-state index is 12.9. The maximum atomic E-state index is 12.9. The Bertz CT molecular complexity index is 1430. The van der Waals surface area contributed by atoms with Crippen LogP contribution in [0.25, 0.3) is 0 Å². The SMILES string of the molecule is CC/C=C\C/C=C\C/C=C\C/C=C\C/C=C\CCCCCCCC(=O)OC(COC(=O)CCCCCCC/C=C\CCC)COC(=O)CCCCCCCCCCCCC/C=C\C/C=C\CCCCCCC. The maximum Gasteiger partial charge on any atom is 0.306 e. The van der Waals surface area contributed by atoms with Gasteiger partial charge in [0, 0.05) is 19.3 Å². The van der Waals surface area contributed by atoms with Gasteiger partial charge in [0.25, 0.3) is 0 Å². The molecule has 72 heavy (non-hydrogen) atoms. The van der Waals surface area contributed by atoms with Gasteiger partial charge in [-0.25, -0.2) is 0 Å². The Morgan fingerprint density at radius 3 is 0.917 bits per heavy atom. The molecule has 0 spiro atoms. The monoisotopic (exact) mass is 1000 g/mol. The van der Waals surface area contributed by atoms with Crippen molar-refractivity contribution in [1.82, 2.24) is 0 Å². The van der Waals surface area contributed by atoms with Crippen molar-refractivity contribution in [1.29, 1.82) is 0 Å². The molecule has 0 aliphatic heterocycles. The molecule has 6 heteroatoms. The summed E-state index contributed by atoms with van der Waals surface area (Å²) in [5.74, 6) is -0.917. The number of hydrogen-bond acceptors (Lipinski definition) is 6. The number of allylic oxidation sites excluding steroid dienone is 16. The molecule has 0 aromatic carbocycles. The second-order valence-corrected chi connectivity index (χ2v) is 19.9. The Kier molecular flexibility index (Phi) is 56.8. The molecule has 6 nitrogen and oxygen atoms in total. The summed E-state index contributed by atoms with van der Waals surface area (Å²) in [5, 5.41) is 0. The molecule has 412 valence electrons. The van der Waals surface area contributed by atoms with Gasteiger partial charge < -0.3 is 14.2 Å². The van der Waals surface area contributed by atoms with E-state index in [2.05, 4.69) is 118 Å². The van der Waals surface area contributed by atoms with Crippen molar-refractivity contribution in [3.8, 4) is 0 Å². The molecular formula is C66H112O6. The van der Waals surface area contributed by atoms with Crippen molar-refractivity contribution in [2.75, 3.05) is 13.2 Å². The predicted molar refractivity (Wildman–Crippen MR) is 311 cm³/mol. The smallest absolute Gasteiger partial charge is 0.306 e. The second-order valence-electron chi connectivity index (χ2n) is 19.9. The summed E-state index contributed by atoms with van der Waals surface area (Å²) in [6.07, 6.45) is 79.8. The van der Waals surface area contributed by atoms with E-state index in [1.165, 1.54) is 109 Å². The van der Waals surface area contributed by atoms with Gasteiger partial charge >= 0.3 is 17.9 Å². The highest BCUT2D eigenvalue weighted by Crippen LogP contribution is 2.15. The zero-order chi connectivity index (χ0) is 52.2. The topological polar surface area (TPSA) is 78.9 Å². The van der Waals surface area contributed by atoms with E-state index in [0.717, 1.165) is 135 Å². The van der Waals surface area contributed by atoms with Crippen molar-refractivity contribution >= 4 is 17.9 Å². The van der Waals surface area contributed by atoms with Gasteiger partial charge in [-0.2, -0.15) is 0 Å². The van der Waals surface area contributed by atoms with Gasteiger partial charge in [0.1, 0.15) is 13.2 Å². The van der Waals surface area contributed by atoms with Crippen LogP contribution in [0.4, 0.5) is 0 Å². The minimum Gasteiger partial charge on any atom is -0.462 e. The standard InChI is InChI=1S/C66H112O6/c1-4-7-10-13-16-19-22-24-26-28-30-32-33-35-36-38-40-42-44-47-50-53-56-59-65(68)71-62-63(61-70-64(67)58-55-52-49-46-21-18-15-12-9-6-3)72-66(69)60-57-54-51-48-45-43-41-39-37-34-31-29-27-25-23-20-17-14-11-8-5-2/h8,11-12,15,17,20,22,24-25,27-28,30-31,34,39,41,63H,4-7,9-10,13-14,16,18-19,21,23,26,29,32-33,35-38,40,42-62H2,1-3H3/b11-8-,15-12-,20-17-,24-22-,27-25-,30-28-,34-31-,41-39-. The van der Waals surface area contributed by atoms with Crippen LogP contribution in [-0.2, 0) is 28.6 Å². The Labute approximate surface area is 445 Å². The lowest BCUT2D eigenvalue weighted by Crippen LogP contribution is -2.30. The molecule has 0 heterocycles. The minimum absolute atomic E-state index is 0.0893. The van der Waals surface area contributed by atoms with E-state index in [-0.39, 0.29) is 31.1 Å². The van der Waals surface area contributed by atoms with E-state index in [1.807, 2.05) is 0 Å². The highest BCUT2D eigenvalue weighted by atomic mass is 16.6. The summed E-state index contributed by atoms with van der Waals surface area (Å²) in [6, 6.07) is 0. The van der Waals surface area contributed by atoms with Crippen LogP contribution in [0, 0.1) is 0 Å². The molecule has 0 bridgehead atoms. The third kappa shape index (κ3) is 57.2. The van der Waals surface area contributed by atoms with Crippen LogP contribution in [0.3, 0.4) is 0 Å². The molecule has 0 fully saturated rings. The van der Waals surface area contributed by atoms with E-state index in [0.29, 0.717) is 19.3 Å². The fourth-order valence-electron chi connectivity index (χ4n) is 8.27. The molecule has 0 radical (unpaired) electrons. The summed E-state index contributed by atoms with van der Waals surface area (Å²) < 4.78 is 16.8. The first-order valence-electron chi connectivity index (χ1n) is 30.2. The van der Waals surface area contributed by atoms with Crippen LogP contribution in [0.5, 0.6) is 0 Å². The minimum atomic E-state index is -0.793. The van der Waals surface area contributed by atoms with Crippen LogP contribution < -0.4 is 0 Å². The number of carbonyl (C=O) groups excluding carboxylic acids is 3. The third-order valence-electron chi connectivity index (χ3n) is 12.8. The van der Waals surface area contributed by atoms with Crippen LogP contribution in [0.1, 0.15) is 284 Å². The van der Waals surface area contributed by atoms with Gasteiger partial charge in [0.05, 0.1) is 0 Å². The van der Waals surface area contributed by atoms with Crippen molar-refractivity contribution in [3.63, 3.8) is 0 Å². The first kappa shape index (κ1) is 68.3. The molecule has 0 N–H and O–H groups in total. The molecule has 0 aromatic rings. The fourth-order valence-corrected chi connectivity index (χ4v) is 8.27. The Morgan fingerprint density at radius 1 is 0.292 bits per heavy atom. The second kappa shape index (κ2) is 59.9. The molecule has 0 aromatic heterocycles. The molecule has 0 rings (SSSR count). The van der Waals surface area contributed by atoms with Gasteiger partial charge in [0.15, 0.2) is 6.10 Å². The van der Waals surface area contributed by atoms with Crippen molar-refractivity contribution in [2.24, 2.45) is 0 Å². The van der Waals surface area contributed by atoms with Crippen LogP contribution in [0.2, 0.25) is 0 Å². The Balaban J connectivity index is 4.32. The molecule has 0 aliphatic carbocycles. The summed E-state index contributed by atoms with van der Waals surface area (Å²) >= 11 is 0. The molecule has 0 aliphatic rings. The number of esters is 3. The van der Waals surface area contributed by atoms with E-state index in [1.54, 1.807) is 0 Å². The molecule has 0 saturated heterocycles. The number of carbonyl (C=O) groups is 3. The van der Waals surface area contributed by atoms with Crippen molar-refractivity contribution in [3.05, 3.63) is 97.2 Å². The van der Waals surface area contributed by atoms with Gasteiger partial charge in [-0.3, -0.25) is 14.4 Å². The van der Waals surface area contributed by atoms with Gasteiger partial charge in [-0.1, -0.05) is 246 Å². The molecule has 1 atom stereocenters. The zero-order valence-electron chi connectivity index (χ0n) is 47.2. The largest absolute Gasteiger partial charge is 0.462 e.